The van der Waals surface area contributed by atoms with Gasteiger partial charge in [0.2, 0.25) is 11.8 Å². The molecule has 1 fully saturated rings. The van der Waals surface area contributed by atoms with Crippen LogP contribution in [0.4, 0.5) is 5.69 Å². The highest BCUT2D eigenvalue weighted by Gasteiger charge is 2.28. The number of hydrogen-bond donors (Lipinski definition) is 2. The fourth-order valence-electron chi connectivity index (χ4n) is 3.19. The van der Waals surface area contributed by atoms with E-state index in [0.717, 1.165) is 4.47 Å². The van der Waals surface area contributed by atoms with Crippen molar-refractivity contribution in [1.29, 1.82) is 0 Å². The lowest BCUT2D eigenvalue weighted by molar-refractivity contribution is -0.128. The van der Waals surface area contributed by atoms with Gasteiger partial charge in [-0.25, -0.2) is 0 Å². The second-order valence-corrected chi connectivity index (χ2v) is 8.11. The molecule has 0 atom stereocenters. The maximum atomic E-state index is 12.5. The summed E-state index contributed by atoms with van der Waals surface area (Å²) in [5.74, 6) is -0.722. The van der Waals surface area contributed by atoms with Crippen LogP contribution in [0.3, 0.4) is 0 Å². The van der Waals surface area contributed by atoms with E-state index >= 15 is 0 Å². The molecular formula is C21H21BrClN3O3. The first kappa shape index (κ1) is 21.3. The third-order valence-electron chi connectivity index (χ3n) is 4.82. The molecule has 3 amide bonds. The number of halogens is 2. The Morgan fingerprint density at radius 1 is 1.03 bits per heavy atom. The standard InChI is InChI=1S/C21H21BrClN3O3/c22-17-3-1-2-4-18(17)25-19(27)13-24-20(28)14-9-11-26(12-10-14)21(29)15-5-7-16(23)8-6-15/h1-8,14H,9-13H2,(H,24,28)(H,25,27). The molecule has 1 heterocycles. The number of hydrogen-bond acceptors (Lipinski definition) is 3. The summed E-state index contributed by atoms with van der Waals surface area (Å²) in [6.45, 7) is 0.912. The molecule has 0 spiro atoms. The third kappa shape index (κ3) is 5.81. The summed E-state index contributed by atoms with van der Waals surface area (Å²) in [5, 5.41) is 6.02. The molecule has 8 heteroatoms. The molecule has 2 aromatic carbocycles. The molecule has 3 rings (SSSR count). The Balaban J connectivity index is 1.44. The van der Waals surface area contributed by atoms with Crippen LogP contribution in [0.15, 0.2) is 53.0 Å². The molecule has 0 aromatic heterocycles. The lowest BCUT2D eigenvalue weighted by atomic mass is 9.95. The van der Waals surface area contributed by atoms with Gasteiger partial charge in [-0.3, -0.25) is 14.4 Å². The zero-order valence-corrected chi connectivity index (χ0v) is 18.0. The minimum absolute atomic E-state index is 0.0617. The van der Waals surface area contributed by atoms with Crippen molar-refractivity contribution in [2.45, 2.75) is 12.8 Å². The molecule has 1 saturated heterocycles. The Morgan fingerprint density at radius 2 is 1.69 bits per heavy atom. The van der Waals surface area contributed by atoms with Crippen molar-refractivity contribution in [2.75, 3.05) is 25.0 Å². The number of piperidine rings is 1. The minimum atomic E-state index is -0.291. The van der Waals surface area contributed by atoms with E-state index in [-0.39, 0.29) is 30.2 Å². The Kier molecular flexibility index (Phi) is 7.28. The number of likely N-dealkylation sites (tertiary alicyclic amines) is 1. The average molecular weight is 479 g/mol. The fourth-order valence-corrected chi connectivity index (χ4v) is 3.70. The lowest BCUT2D eigenvalue weighted by Crippen LogP contribution is -2.44. The largest absolute Gasteiger partial charge is 0.347 e. The quantitative estimate of drug-likeness (QED) is 0.688. The molecule has 0 aliphatic carbocycles. The Morgan fingerprint density at radius 3 is 2.34 bits per heavy atom. The minimum Gasteiger partial charge on any atom is -0.347 e. The number of amides is 3. The van der Waals surface area contributed by atoms with Crippen LogP contribution in [0, 0.1) is 5.92 Å². The summed E-state index contributed by atoms with van der Waals surface area (Å²) < 4.78 is 0.775. The number of carbonyl (C=O) groups is 3. The van der Waals surface area contributed by atoms with E-state index in [4.69, 9.17) is 11.6 Å². The molecule has 2 aromatic rings. The van der Waals surface area contributed by atoms with Crippen molar-refractivity contribution in [1.82, 2.24) is 10.2 Å². The number of nitrogens with one attached hydrogen (secondary N) is 2. The zero-order chi connectivity index (χ0) is 20.8. The summed E-state index contributed by atoms with van der Waals surface area (Å²) in [6, 6.07) is 14.1. The average Bonchev–Trinajstić information content (AvgIpc) is 2.74. The molecule has 0 unspecified atom stereocenters. The summed E-state index contributed by atoms with van der Waals surface area (Å²) >= 11 is 9.23. The first-order valence-corrected chi connectivity index (χ1v) is 10.5. The van der Waals surface area contributed by atoms with Gasteiger partial charge in [-0.15, -0.1) is 0 Å². The van der Waals surface area contributed by atoms with E-state index in [2.05, 4.69) is 26.6 Å². The molecular weight excluding hydrogens is 458 g/mol. The van der Waals surface area contributed by atoms with E-state index in [1.165, 1.54) is 0 Å². The predicted molar refractivity (Wildman–Crippen MR) is 116 cm³/mol. The Bertz CT molecular complexity index is 896. The van der Waals surface area contributed by atoms with E-state index in [0.29, 0.717) is 42.2 Å². The number of para-hydroxylation sites is 1. The van der Waals surface area contributed by atoms with Gasteiger partial charge in [-0.05, 0) is 65.2 Å². The summed E-state index contributed by atoms with van der Waals surface area (Å²) in [7, 11) is 0. The molecule has 1 aliphatic rings. The van der Waals surface area contributed by atoms with Crippen molar-refractivity contribution < 1.29 is 14.4 Å². The van der Waals surface area contributed by atoms with E-state index in [1.54, 1.807) is 35.2 Å². The maximum absolute atomic E-state index is 12.5. The van der Waals surface area contributed by atoms with Crippen LogP contribution in [-0.2, 0) is 9.59 Å². The van der Waals surface area contributed by atoms with Gasteiger partial charge in [-0.1, -0.05) is 23.7 Å². The van der Waals surface area contributed by atoms with Crippen LogP contribution in [0.2, 0.25) is 5.02 Å². The van der Waals surface area contributed by atoms with Crippen LogP contribution in [0.1, 0.15) is 23.2 Å². The molecule has 0 bridgehead atoms. The Hall–Kier alpha value is -2.38. The molecule has 0 radical (unpaired) electrons. The highest BCUT2D eigenvalue weighted by molar-refractivity contribution is 9.10. The van der Waals surface area contributed by atoms with Gasteiger partial charge in [0.05, 0.1) is 12.2 Å². The highest BCUT2D eigenvalue weighted by atomic mass is 79.9. The molecule has 29 heavy (non-hydrogen) atoms. The Labute approximate surface area is 182 Å². The fraction of sp³-hybridized carbons (Fsp3) is 0.286. The predicted octanol–water partition coefficient (Wildman–Crippen LogP) is 3.71. The number of nitrogens with zero attached hydrogens (tertiary/aromatic N) is 1. The second kappa shape index (κ2) is 9.89. The van der Waals surface area contributed by atoms with Gasteiger partial charge in [0.15, 0.2) is 0 Å². The number of rotatable bonds is 5. The molecule has 6 nitrogen and oxygen atoms in total. The van der Waals surface area contributed by atoms with Crippen LogP contribution in [0.5, 0.6) is 0 Å². The van der Waals surface area contributed by atoms with Crippen molar-refractivity contribution in [3.63, 3.8) is 0 Å². The second-order valence-electron chi connectivity index (χ2n) is 6.82. The van der Waals surface area contributed by atoms with Crippen molar-refractivity contribution >= 4 is 50.9 Å². The van der Waals surface area contributed by atoms with Crippen LogP contribution >= 0.6 is 27.5 Å². The van der Waals surface area contributed by atoms with Crippen LogP contribution in [-0.4, -0.2) is 42.3 Å². The number of anilines is 1. The molecule has 2 N–H and O–H groups in total. The highest BCUT2D eigenvalue weighted by Crippen LogP contribution is 2.22. The first-order valence-electron chi connectivity index (χ1n) is 9.31. The van der Waals surface area contributed by atoms with Crippen molar-refractivity contribution in [3.05, 3.63) is 63.6 Å². The monoisotopic (exact) mass is 477 g/mol. The molecule has 0 saturated carbocycles. The summed E-state index contributed by atoms with van der Waals surface area (Å²) in [6.07, 6.45) is 1.13. The topological polar surface area (TPSA) is 78.5 Å². The number of benzene rings is 2. The SMILES string of the molecule is O=C(CNC(=O)C1CCN(C(=O)c2ccc(Cl)cc2)CC1)Nc1ccccc1Br. The van der Waals surface area contributed by atoms with E-state index in [9.17, 15) is 14.4 Å². The molecule has 152 valence electrons. The van der Waals surface area contributed by atoms with Crippen LogP contribution in [0.25, 0.3) is 0 Å². The van der Waals surface area contributed by atoms with E-state index in [1.807, 2.05) is 18.2 Å². The normalized spacial score (nSPS) is 14.3. The van der Waals surface area contributed by atoms with Gasteiger partial charge >= 0.3 is 0 Å². The van der Waals surface area contributed by atoms with Gasteiger partial charge in [0, 0.05) is 34.1 Å². The molecule has 1 aliphatic heterocycles. The lowest BCUT2D eigenvalue weighted by Gasteiger charge is -2.31. The van der Waals surface area contributed by atoms with Crippen LogP contribution < -0.4 is 10.6 Å². The third-order valence-corrected chi connectivity index (χ3v) is 5.76. The summed E-state index contributed by atoms with van der Waals surface area (Å²) in [4.78, 5) is 38.7. The smallest absolute Gasteiger partial charge is 0.253 e. The van der Waals surface area contributed by atoms with E-state index < -0.39 is 0 Å². The number of carbonyl (C=O) groups excluding carboxylic acids is 3. The maximum Gasteiger partial charge on any atom is 0.253 e. The van der Waals surface area contributed by atoms with Gasteiger partial charge in [0.25, 0.3) is 5.91 Å². The first-order chi connectivity index (χ1) is 13.9. The summed E-state index contributed by atoms with van der Waals surface area (Å²) in [5.41, 5.74) is 1.24. The zero-order valence-electron chi connectivity index (χ0n) is 15.7. The van der Waals surface area contributed by atoms with Gasteiger partial charge < -0.3 is 15.5 Å². The van der Waals surface area contributed by atoms with Crippen molar-refractivity contribution in [2.24, 2.45) is 5.92 Å². The van der Waals surface area contributed by atoms with Gasteiger partial charge in [-0.2, -0.15) is 0 Å². The van der Waals surface area contributed by atoms with Crippen molar-refractivity contribution in [3.8, 4) is 0 Å². The van der Waals surface area contributed by atoms with Gasteiger partial charge in [0.1, 0.15) is 0 Å².